The van der Waals surface area contributed by atoms with Gasteiger partial charge in [-0.15, -0.1) is 0 Å². The van der Waals surface area contributed by atoms with Crippen LogP contribution < -0.4 is 31.8 Å². The Bertz CT molecular complexity index is 1970. The largest absolute Gasteiger partial charge is 0.309 e. The van der Waals surface area contributed by atoms with Crippen molar-refractivity contribution in [2.24, 2.45) is 0 Å². The van der Waals surface area contributed by atoms with Crippen LogP contribution in [0.5, 0.6) is 0 Å². The van der Waals surface area contributed by atoms with Gasteiger partial charge in [0.15, 0.2) is 7.14 Å². The molecule has 0 unspecified atom stereocenters. The monoisotopic (exact) mass is 646 g/mol. The molecule has 0 amide bonds. The first-order chi connectivity index (χ1) is 23.2. The molecule has 1 nitrogen and oxygen atoms in total. The van der Waals surface area contributed by atoms with Crippen LogP contribution in [0.4, 0.5) is 0 Å². The maximum Gasteiger partial charge on any atom is 0.171 e. The molecule has 2 aliphatic carbocycles. The van der Waals surface area contributed by atoms with Crippen molar-refractivity contribution in [2.75, 3.05) is 0 Å². The van der Waals surface area contributed by atoms with Crippen molar-refractivity contribution in [1.82, 2.24) is 0 Å². The van der Waals surface area contributed by atoms with Gasteiger partial charge in [-0.25, -0.2) is 0 Å². The first-order valence-electron chi connectivity index (χ1n) is 17.2. The van der Waals surface area contributed by atoms with E-state index >= 15 is 4.57 Å². The number of fused-ring (bicyclic) bond motifs is 2. The molecule has 0 radical (unpaired) electrons. The Labute approximate surface area is 280 Å². The second-order valence-corrected chi connectivity index (χ2v) is 17.8. The number of hydrogen-bond donors (Lipinski definition) is 0. The Morgan fingerprint density at radius 1 is 0.426 bits per heavy atom. The zero-order valence-corrected chi connectivity index (χ0v) is 28.6. The molecule has 6 aromatic carbocycles. The summed E-state index contributed by atoms with van der Waals surface area (Å²) < 4.78 is 16.3. The lowest BCUT2D eigenvalue weighted by molar-refractivity contribution is 0.592. The molecule has 6 aromatic rings. The normalized spacial score (nSPS) is 14.4. The molecule has 232 valence electrons. The zero-order chi connectivity index (χ0) is 31.6. The molecule has 47 heavy (non-hydrogen) atoms. The van der Waals surface area contributed by atoms with Crippen molar-refractivity contribution < 1.29 is 4.57 Å². The highest BCUT2D eigenvalue weighted by molar-refractivity contribution is 7.85. The van der Waals surface area contributed by atoms with Gasteiger partial charge in [-0.3, -0.25) is 0 Å². The average molecular weight is 647 g/mol. The maximum absolute atomic E-state index is 16.3. The van der Waals surface area contributed by atoms with E-state index < -0.39 is 15.1 Å². The molecule has 3 heteroatoms. The predicted octanol–water partition coefficient (Wildman–Crippen LogP) is 8.51. The van der Waals surface area contributed by atoms with E-state index in [0.717, 1.165) is 41.6 Å². The number of aryl methyl sites for hydroxylation is 2. The Hall–Kier alpha value is -4.02. The third-order valence-electron chi connectivity index (χ3n) is 10.1. The van der Waals surface area contributed by atoms with Gasteiger partial charge in [0, 0.05) is 15.9 Å². The maximum atomic E-state index is 16.3. The van der Waals surface area contributed by atoms with E-state index in [2.05, 4.69) is 109 Å². The van der Waals surface area contributed by atoms with E-state index in [1.54, 1.807) is 0 Å². The molecule has 0 N–H and O–H groups in total. The van der Waals surface area contributed by atoms with E-state index in [4.69, 9.17) is 0 Å². The molecular formula is C44H40OP2. The Balaban J connectivity index is 1.51. The van der Waals surface area contributed by atoms with Crippen molar-refractivity contribution >= 4 is 46.9 Å². The Kier molecular flexibility index (Phi) is 8.54. The van der Waals surface area contributed by atoms with Crippen LogP contribution >= 0.6 is 15.1 Å². The molecule has 0 atom stereocenters. The summed E-state index contributed by atoms with van der Waals surface area (Å²) in [5, 5.41) is 6.92. The van der Waals surface area contributed by atoms with E-state index in [0.29, 0.717) is 0 Å². The first kappa shape index (κ1) is 30.3. The molecule has 0 bridgehead atoms. The topological polar surface area (TPSA) is 17.1 Å². The average Bonchev–Trinajstić information content (AvgIpc) is 3.16. The Morgan fingerprint density at radius 3 is 1.36 bits per heavy atom. The number of rotatable bonds is 7. The molecule has 0 saturated heterocycles. The van der Waals surface area contributed by atoms with Crippen molar-refractivity contribution in [3.05, 3.63) is 168 Å². The van der Waals surface area contributed by atoms with Gasteiger partial charge >= 0.3 is 0 Å². The Morgan fingerprint density at radius 2 is 0.851 bits per heavy atom. The SMILES string of the molecule is O=P(c1ccccc1)(c1ccccc1)c1ccc2c(c1-c1c(P(c3ccccc3)c3ccccc3)ccc3c1CCCC3)CCCC2. The van der Waals surface area contributed by atoms with Crippen molar-refractivity contribution in [2.45, 2.75) is 51.4 Å². The summed E-state index contributed by atoms with van der Waals surface area (Å²) in [5.41, 5.74) is 8.47. The van der Waals surface area contributed by atoms with E-state index in [-0.39, 0.29) is 0 Å². The summed E-state index contributed by atoms with van der Waals surface area (Å²) in [7, 11) is -4.11. The van der Waals surface area contributed by atoms with Gasteiger partial charge in [-0.2, -0.15) is 0 Å². The van der Waals surface area contributed by atoms with Crippen molar-refractivity contribution in [1.29, 1.82) is 0 Å². The molecule has 0 aliphatic heterocycles. The zero-order valence-electron chi connectivity index (χ0n) is 26.8. The minimum Gasteiger partial charge on any atom is -0.309 e. The fourth-order valence-corrected chi connectivity index (χ4v) is 13.3. The van der Waals surface area contributed by atoms with Crippen LogP contribution in [-0.4, -0.2) is 0 Å². The second-order valence-electron chi connectivity index (χ2n) is 12.9. The second kappa shape index (κ2) is 13.2. The molecule has 0 spiro atoms. The highest BCUT2D eigenvalue weighted by Crippen LogP contribution is 2.50. The lowest BCUT2D eigenvalue weighted by atomic mass is 9.81. The summed E-state index contributed by atoms with van der Waals surface area (Å²) in [6.07, 6.45) is 9.08. The smallest absolute Gasteiger partial charge is 0.171 e. The van der Waals surface area contributed by atoms with Crippen LogP contribution in [0, 0.1) is 0 Å². The first-order valence-corrected chi connectivity index (χ1v) is 20.2. The summed E-state index contributed by atoms with van der Waals surface area (Å²) in [5.74, 6) is 0. The highest BCUT2D eigenvalue weighted by Gasteiger charge is 2.37. The van der Waals surface area contributed by atoms with Gasteiger partial charge in [0.2, 0.25) is 0 Å². The summed E-state index contributed by atoms with van der Waals surface area (Å²) >= 11 is 0. The number of hydrogen-bond acceptors (Lipinski definition) is 1. The molecule has 0 heterocycles. The third-order valence-corrected chi connectivity index (χ3v) is 15.7. The molecule has 0 aromatic heterocycles. The van der Waals surface area contributed by atoms with Crippen LogP contribution in [0.2, 0.25) is 0 Å². The minimum atomic E-state index is -3.25. The third kappa shape index (κ3) is 5.55. The fourth-order valence-electron chi connectivity index (χ4n) is 7.92. The highest BCUT2D eigenvalue weighted by atomic mass is 31.2. The molecule has 0 fully saturated rings. The van der Waals surface area contributed by atoms with Gasteiger partial charge in [-0.1, -0.05) is 140 Å². The summed E-state index contributed by atoms with van der Waals surface area (Å²) in [6.45, 7) is 0. The van der Waals surface area contributed by atoms with Gasteiger partial charge in [0.25, 0.3) is 0 Å². The summed E-state index contributed by atoms with van der Waals surface area (Å²) in [4.78, 5) is 0. The van der Waals surface area contributed by atoms with Crippen LogP contribution in [0.3, 0.4) is 0 Å². The van der Waals surface area contributed by atoms with E-state index in [1.807, 2.05) is 36.4 Å². The molecule has 2 aliphatic rings. The van der Waals surface area contributed by atoms with Crippen LogP contribution in [0.15, 0.2) is 146 Å². The molecule has 0 saturated carbocycles. The van der Waals surface area contributed by atoms with Gasteiger partial charge in [0.05, 0.1) is 0 Å². The van der Waals surface area contributed by atoms with Gasteiger partial charge < -0.3 is 4.57 Å². The van der Waals surface area contributed by atoms with Crippen LogP contribution in [-0.2, 0) is 30.2 Å². The summed E-state index contributed by atoms with van der Waals surface area (Å²) in [6, 6.07) is 52.2. The van der Waals surface area contributed by atoms with Crippen molar-refractivity contribution in [3.8, 4) is 11.1 Å². The van der Waals surface area contributed by atoms with Crippen LogP contribution in [0.25, 0.3) is 11.1 Å². The molecular weight excluding hydrogens is 606 g/mol. The minimum absolute atomic E-state index is 0.865. The lowest BCUT2D eigenvalue weighted by Gasteiger charge is -2.33. The standard InChI is InChI=1S/C44H40OP2/c45-47(37-23-9-3-10-24-37,38-25-11-4-12-26-38)42-32-30-34-18-14-16-28-40(34)44(42)43-39-27-15-13-17-33(39)29-31-41(43)46(35-19-5-1-6-20-35)36-21-7-2-8-22-36/h1-12,19-26,29-32H,13-18,27-28H2. The molecule has 8 rings (SSSR count). The number of benzene rings is 6. The lowest BCUT2D eigenvalue weighted by Crippen LogP contribution is -2.31. The predicted molar refractivity (Wildman–Crippen MR) is 203 cm³/mol. The van der Waals surface area contributed by atoms with Gasteiger partial charge in [0.1, 0.15) is 0 Å². The van der Waals surface area contributed by atoms with Crippen molar-refractivity contribution in [3.63, 3.8) is 0 Å². The van der Waals surface area contributed by atoms with E-state index in [1.165, 1.54) is 75.0 Å². The fraction of sp³-hybridized carbons (Fsp3) is 0.182. The van der Waals surface area contributed by atoms with E-state index in [9.17, 15) is 0 Å². The quantitative estimate of drug-likeness (QED) is 0.159. The van der Waals surface area contributed by atoms with Gasteiger partial charge in [-0.05, 0) is 115 Å². The van der Waals surface area contributed by atoms with Crippen LogP contribution in [0.1, 0.15) is 47.9 Å².